The van der Waals surface area contributed by atoms with E-state index in [1.54, 1.807) is 0 Å². The third-order valence-corrected chi connectivity index (χ3v) is 9.68. The quantitative estimate of drug-likeness (QED) is 0.0504. The third-order valence-electron chi connectivity index (χ3n) is 8.89. The number of hydrogen-bond donors (Lipinski definition) is 2. The number of thiol groups is 2. The summed E-state index contributed by atoms with van der Waals surface area (Å²) < 4.78 is 21.2. The number of esters is 4. The minimum Gasteiger partial charge on any atom is -0.466 e. The van der Waals surface area contributed by atoms with Gasteiger partial charge < -0.3 is 18.9 Å². The van der Waals surface area contributed by atoms with Crippen LogP contribution < -0.4 is 0 Å². The van der Waals surface area contributed by atoms with Gasteiger partial charge in [0.05, 0.1) is 39.3 Å². The van der Waals surface area contributed by atoms with Crippen LogP contribution in [-0.2, 0) is 38.1 Å². The zero-order chi connectivity index (χ0) is 33.9. The fourth-order valence-electron chi connectivity index (χ4n) is 5.99. The highest BCUT2D eigenvalue weighted by Crippen LogP contribution is 2.42. The average Bonchev–Trinajstić information content (AvgIpc) is 3.02. The predicted octanol–water partition coefficient (Wildman–Crippen LogP) is 8.77. The van der Waals surface area contributed by atoms with Gasteiger partial charge in [0.15, 0.2) is 0 Å². The number of carbonyl (C=O) groups is 4. The smallest absolute Gasteiger partial charge is 0.319 e. The lowest BCUT2D eigenvalue weighted by Gasteiger charge is -2.35. The molecule has 1 rings (SSSR count). The van der Waals surface area contributed by atoms with Gasteiger partial charge in [0.2, 0.25) is 0 Å². The van der Waals surface area contributed by atoms with Gasteiger partial charge in [-0.05, 0) is 69.6 Å². The second-order valence-corrected chi connectivity index (χ2v) is 14.3. The first kappa shape index (κ1) is 42.6. The van der Waals surface area contributed by atoms with E-state index in [4.69, 9.17) is 18.9 Å². The highest BCUT2D eigenvalue weighted by Gasteiger charge is 2.29. The Morgan fingerprint density at radius 1 is 0.522 bits per heavy atom. The van der Waals surface area contributed by atoms with Crippen LogP contribution in [0.5, 0.6) is 0 Å². The second-order valence-electron chi connectivity index (χ2n) is 13.0. The zero-order valence-electron chi connectivity index (χ0n) is 28.9. The second kappa shape index (κ2) is 27.5. The van der Waals surface area contributed by atoms with E-state index in [2.05, 4.69) is 25.3 Å². The molecule has 0 aliphatic heterocycles. The summed E-state index contributed by atoms with van der Waals surface area (Å²) in [6, 6.07) is 0. The Hall–Kier alpha value is -1.42. The fourth-order valence-corrected chi connectivity index (χ4v) is 6.44. The lowest BCUT2D eigenvalue weighted by Crippen LogP contribution is -2.24. The molecule has 0 amide bonds. The van der Waals surface area contributed by atoms with E-state index in [-0.39, 0.29) is 18.3 Å². The van der Waals surface area contributed by atoms with E-state index in [0.29, 0.717) is 26.4 Å². The van der Waals surface area contributed by atoms with Crippen molar-refractivity contribution in [3.8, 4) is 0 Å². The Kier molecular flexibility index (Phi) is 25.5. The molecule has 0 aromatic carbocycles. The lowest BCUT2D eigenvalue weighted by molar-refractivity contribution is -0.149. The van der Waals surface area contributed by atoms with Crippen LogP contribution >= 0.6 is 25.3 Å². The van der Waals surface area contributed by atoms with Gasteiger partial charge in [0, 0.05) is 0 Å². The Morgan fingerprint density at radius 2 is 0.870 bits per heavy atom. The van der Waals surface area contributed by atoms with Crippen molar-refractivity contribution in [3.63, 3.8) is 0 Å². The first-order valence-electron chi connectivity index (χ1n) is 18.2. The molecule has 0 heterocycles. The molecule has 1 aliphatic rings. The summed E-state index contributed by atoms with van der Waals surface area (Å²) in [5, 5.41) is -1.61. The Balaban J connectivity index is 2.56. The summed E-state index contributed by atoms with van der Waals surface area (Å²) >= 11 is 8.53. The lowest BCUT2D eigenvalue weighted by atomic mass is 9.70. The van der Waals surface area contributed by atoms with Gasteiger partial charge >= 0.3 is 23.9 Å². The van der Waals surface area contributed by atoms with Gasteiger partial charge in [0.25, 0.3) is 0 Å². The van der Waals surface area contributed by atoms with Crippen molar-refractivity contribution >= 4 is 49.1 Å². The minimum absolute atomic E-state index is 0.0791. The van der Waals surface area contributed by atoms with Gasteiger partial charge in [-0.2, -0.15) is 25.3 Å². The van der Waals surface area contributed by atoms with Crippen molar-refractivity contribution in [1.82, 2.24) is 0 Å². The van der Waals surface area contributed by atoms with Crippen LogP contribution in [0, 0.1) is 5.41 Å². The summed E-state index contributed by atoms with van der Waals surface area (Å²) in [5.41, 5.74) is 0.232. The standard InChI is InChI=1S/C36H64O8S2/c1-3-5-24-41-32(37)28-30(45)34(39)43-26-18-16-22-36(20-14-12-10-8-7-9-11-13-15-21-36)23-17-19-27-44-35(40)31(46)29-33(38)42-25-6-4-2/h30-31,45-46H,3-29H2,1-2H3. The van der Waals surface area contributed by atoms with Crippen molar-refractivity contribution in [1.29, 1.82) is 0 Å². The van der Waals surface area contributed by atoms with Gasteiger partial charge in [0.1, 0.15) is 10.5 Å². The van der Waals surface area contributed by atoms with E-state index >= 15 is 0 Å². The molecule has 1 aliphatic carbocycles. The minimum atomic E-state index is -0.807. The van der Waals surface area contributed by atoms with Crippen molar-refractivity contribution in [3.05, 3.63) is 0 Å². The molecule has 0 bridgehead atoms. The van der Waals surface area contributed by atoms with Gasteiger partial charge in [-0.1, -0.05) is 84.5 Å². The summed E-state index contributed by atoms with van der Waals surface area (Å²) in [6.07, 6.45) is 23.0. The van der Waals surface area contributed by atoms with E-state index in [1.165, 1.54) is 70.6 Å². The number of hydrogen-bond acceptors (Lipinski definition) is 10. The monoisotopic (exact) mass is 688 g/mol. The zero-order valence-corrected chi connectivity index (χ0v) is 30.7. The molecular formula is C36H64O8S2. The maximum atomic E-state index is 12.4. The molecule has 1 fully saturated rings. The fraction of sp³-hybridized carbons (Fsp3) is 0.889. The first-order chi connectivity index (χ1) is 22.2. The van der Waals surface area contributed by atoms with Crippen molar-refractivity contribution in [2.24, 2.45) is 5.41 Å². The molecule has 46 heavy (non-hydrogen) atoms. The van der Waals surface area contributed by atoms with Crippen LogP contribution in [0.1, 0.15) is 162 Å². The van der Waals surface area contributed by atoms with Crippen LogP contribution in [0.2, 0.25) is 0 Å². The van der Waals surface area contributed by atoms with E-state index in [9.17, 15) is 19.2 Å². The molecule has 10 heteroatoms. The summed E-state index contributed by atoms with van der Waals surface area (Å²) in [4.78, 5) is 48.6. The molecule has 0 aromatic rings. The first-order valence-corrected chi connectivity index (χ1v) is 19.3. The highest BCUT2D eigenvalue weighted by molar-refractivity contribution is 7.82. The van der Waals surface area contributed by atoms with Crippen molar-refractivity contribution < 1.29 is 38.1 Å². The molecule has 8 nitrogen and oxygen atoms in total. The van der Waals surface area contributed by atoms with Crippen LogP contribution in [0.3, 0.4) is 0 Å². The molecule has 0 spiro atoms. The SMILES string of the molecule is CCCCOC(=O)CC(S)C(=O)OCCCCC1(CCCCOC(=O)C(S)CC(=O)OCCCC)CCCCCCCCCCC1. The molecule has 0 aromatic heterocycles. The normalized spacial score (nSPS) is 17.0. The van der Waals surface area contributed by atoms with Gasteiger partial charge in [-0.3, -0.25) is 19.2 Å². The number of rotatable bonds is 22. The Labute approximate surface area is 290 Å². The largest absolute Gasteiger partial charge is 0.466 e. The maximum Gasteiger partial charge on any atom is 0.319 e. The topological polar surface area (TPSA) is 105 Å². The molecule has 268 valence electrons. The van der Waals surface area contributed by atoms with E-state index in [1.807, 2.05) is 13.8 Å². The molecule has 0 N–H and O–H groups in total. The Bertz CT molecular complexity index is 771. The van der Waals surface area contributed by atoms with E-state index < -0.39 is 34.4 Å². The van der Waals surface area contributed by atoms with E-state index in [0.717, 1.165) is 64.2 Å². The van der Waals surface area contributed by atoms with Crippen LogP contribution in [0.25, 0.3) is 0 Å². The number of carbonyl (C=O) groups excluding carboxylic acids is 4. The third kappa shape index (κ3) is 21.5. The summed E-state index contributed by atoms with van der Waals surface area (Å²) in [7, 11) is 0. The molecule has 1 saturated carbocycles. The van der Waals surface area contributed by atoms with Gasteiger partial charge in [-0.25, -0.2) is 0 Å². The van der Waals surface area contributed by atoms with Crippen molar-refractivity contribution in [2.75, 3.05) is 26.4 Å². The summed E-state index contributed by atoms with van der Waals surface area (Å²) in [6.45, 7) is 5.42. The van der Waals surface area contributed by atoms with Gasteiger partial charge in [-0.15, -0.1) is 0 Å². The van der Waals surface area contributed by atoms with Crippen LogP contribution in [0.4, 0.5) is 0 Å². The highest BCUT2D eigenvalue weighted by atomic mass is 32.1. The maximum absolute atomic E-state index is 12.4. The van der Waals surface area contributed by atoms with Crippen LogP contribution in [0.15, 0.2) is 0 Å². The Morgan fingerprint density at radius 3 is 1.24 bits per heavy atom. The predicted molar refractivity (Wildman–Crippen MR) is 189 cm³/mol. The molecule has 2 unspecified atom stereocenters. The van der Waals surface area contributed by atoms with Crippen LogP contribution in [-0.4, -0.2) is 60.8 Å². The molecular weight excluding hydrogens is 625 g/mol. The number of ether oxygens (including phenoxy) is 4. The summed E-state index contributed by atoms with van der Waals surface area (Å²) in [5.74, 6) is -1.78. The molecule has 2 atom stereocenters. The number of unbranched alkanes of at least 4 members (excludes halogenated alkanes) is 4. The molecule has 0 radical (unpaired) electrons. The molecule has 0 saturated heterocycles. The average molecular weight is 689 g/mol. The van der Waals surface area contributed by atoms with Crippen molar-refractivity contribution in [2.45, 2.75) is 172 Å².